The molecule has 0 saturated carbocycles. The summed E-state index contributed by atoms with van der Waals surface area (Å²) in [5, 5.41) is 2.93. The quantitative estimate of drug-likeness (QED) is 0.907. The molecule has 0 spiro atoms. The largest absolute Gasteiger partial charge is 0.307 e. The summed E-state index contributed by atoms with van der Waals surface area (Å²) in [5.74, 6) is -0.761. The molecule has 1 heterocycles. The second-order valence-electron chi connectivity index (χ2n) is 4.01. The number of rotatable bonds is 3. The Morgan fingerprint density at radius 3 is 2.39 bits per heavy atom. The van der Waals surface area contributed by atoms with Gasteiger partial charge in [-0.25, -0.2) is 18.7 Å². The van der Waals surface area contributed by atoms with Crippen molar-refractivity contribution in [3.63, 3.8) is 0 Å². The van der Waals surface area contributed by atoms with Crippen LogP contribution in [0.5, 0.6) is 0 Å². The summed E-state index contributed by atoms with van der Waals surface area (Å²) < 4.78 is 26.6. The maximum atomic E-state index is 13.7. The molecule has 1 atom stereocenters. The van der Waals surface area contributed by atoms with Gasteiger partial charge in [-0.05, 0) is 25.6 Å². The maximum absolute atomic E-state index is 13.7. The first-order valence-electron chi connectivity index (χ1n) is 5.52. The molecule has 0 fully saturated rings. The highest BCUT2D eigenvalue weighted by Gasteiger charge is 2.18. The molecular weight excluding hydrogens is 236 g/mol. The number of benzene rings is 1. The number of nitrogens with zero attached hydrogens (tertiary/aromatic N) is 2. The van der Waals surface area contributed by atoms with E-state index in [0.29, 0.717) is 11.4 Å². The minimum absolute atomic E-state index is 0.322. The van der Waals surface area contributed by atoms with Gasteiger partial charge < -0.3 is 5.32 Å². The van der Waals surface area contributed by atoms with Crippen LogP contribution in [0.3, 0.4) is 0 Å². The van der Waals surface area contributed by atoms with Gasteiger partial charge in [-0.2, -0.15) is 0 Å². The van der Waals surface area contributed by atoms with Gasteiger partial charge in [0.25, 0.3) is 0 Å². The van der Waals surface area contributed by atoms with Gasteiger partial charge in [-0.15, -0.1) is 0 Å². The van der Waals surface area contributed by atoms with Crippen LogP contribution in [-0.2, 0) is 0 Å². The molecule has 0 amide bonds. The van der Waals surface area contributed by atoms with Crippen LogP contribution in [0, 0.1) is 18.6 Å². The summed E-state index contributed by atoms with van der Waals surface area (Å²) in [6, 6.07) is 2.98. The second-order valence-corrected chi connectivity index (χ2v) is 4.01. The Balaban J connectivity index is 2.41. The molecule has 3 nitrogen and oxygen atoms in total. The standard InChI is InChI=1S/C13H13F2N3/c1-8-6-17-13(18-7-8)12(16-2)10-4-3-9(14)5-11(10)15/h3-7,12,16H,1-2H3. The Morgan fingerprint density at radius 2 is 1.83 bits per heavy atom. The van der Waals surface area contributed by atoms with Crippen LogP contribution in [0.25, 0.3) is 0 Å². The zero-order valence-corrected chi connectivity index (χ0v) is 10.1. The summed E-state index contributed by atoms with van der Waals surface area (Å²) >= 11 is 0. The number of halogens is 2. The van der Waals surface area contributed by atoms with Crippen molar-refractivity contribution >= 4 is 0 Å². The van der Waals surface area contributed by atoms with Crippen LogP contribution in [0.2, 0.25) is 0 Å². The van der Waals surface area contributed by atoms with E-state index in [1.165, 1.54) is 12.1 Å². The average Bonchev–Trinajstić information content (AvgIpc) is 2.35. The van der Waals surface area contributed by atoms with E-state index in [4.69, 9.17) is 0 Å². The Kier molecular flexibility index (Phi) is 3.62. The smallest absolute Gasteiger partial charge is 0.149 e. The molecule has 2 aromatic rings. The molecule has 0 bridgehead atoms. The predicted octanol–water partition coefficient (Wildman–Crippen LogP) is 2.37. The van der Waals surface area contributed by atoms with Gasteiger partial charge in [-0.1, -0.05) is 6.07 Å². The third kappa shape index (κ3) is 2.51. The summed E-state index contributed by atoms with van der Waals surface area (Å²) in [4.78, 5) is 8.31. The van der Waals surface area contributed by atoms with E-state index in [9.17, 15) is 8.78 Å². The lowest BCUT2D eigenvalue weighted by Crippen LogP contribution is -2.21. The predicted molar refractivity (Wildman–Crippen MR) is 64.0 cm³/mol. The van der Waals surface area contributed by atoms with Crippen molar-refractivity contribution in [2.45, 2.75) is 13.0 Å². The summed E-state index contributed by atoms with van der Waals surface area (Å²) in [6.07, 6.45) is 3.32. The molecule has 0 aliphatic carbocycles. The maximum Gasteiger partial charge on any atom is 0.149 e. The minimum atomic E-state index is -0.612. The lowest BCUT2D eigenvalue weighted by atomic mass is 10.1. The van der Waals surface area contributed by atoms with Crippen molar-refractivity contribution in [2.75, 3.05) is 7.05 Å². The van der Waals surface area contributed by atoms with E-state index < -0.39 is 17.7 Å². The Labute approximate surface area is 104 Å². The highest BCUT2D eigenvalue weighted by Crippen LogP contribution is 2.22. The second kappa shape index (κ2) is 5.18. The third-order valence-electron chi connectivity index (χ3n) is 2.62. The fourth-order valence-electron chi connectivity index (χ4n) is 1.71. The molecule has 1 aromatic heterocycles. The van der Waals surface area contributed by atoms with E-state index in [-0.39, 0.29) is 0 Å². The molecule has 0 saturated heterocycles. The molecule has 0 aliphatic heterocycles. The van der Waals surface area contributed by atoms with Crippen molar-refractivity contribution < 1.29 is 8.78 Å². The molecule has 1 aromatic carbocycles. The van der Waals surface area contributed by atoms with Crippen molar-refractivity contribution in [3.05, 3.63) is 59.2 Å². The monoisotopic (exact) mass is 249 g/mol. The topological polar surface area (TPSA) is 37.8 Å². The molecule has 18 heavy (non-hydrogen) atoms. The van der Waals surface area contributed by atoms with Gasteiger partial charge in [0, 0.05) is 24.0 Å². The molecule has 94 valence electrons. The molecule has 1 N–H and O–H groups in total. The van der Waals surface area contributed by atoms with E-state index >= 15 is 0 Å². The number of hydrogen-bond acceptors (Lipinski definition) is 3. The van der Waals surface area contributed by atoms with Gasteiger partial charge in [-0.3, -0.25) is 0 Å². The number of nitrogens with one attached hydrogen (secondary N) is 1. The first kappa shape index (κ1) is 12.6. The van der Waals surface area contributed by atoms with Gasteiger partial charge in [0.05, 0.1) is 6.04 Å². The minimum Gasteiger partial charge on any atom is -0.307 e. The van der Waals surface area contributed by atoms with Crippen LogP contribution in [0.1, 0.15) is 23.0 Å². The van der Waals surface area contributed by atoms with Crippen LogP contribution >= 0.6 is 0 Å². The van der Waals surface area contributed by atoms with Crippen molar-refractivity contribution in [2.24, 2.45) is 0 Å². The normalized spacial score (nSPS) is 12.4. The van der Waals surface area contributed by atoms with Crippen LogP contribution in [0.4, 0.5) is 8.78 Å². The average molecular weight is 249 g/mol. The highest BCUT2D eigenvalue weighted by molar-refractivity contribution is 5.27. The van der Waals surface area contributed by atoms with Crippen molar-refractivity contribution in [1.29, 1.82) is 0 Å². The molecule has 0 aliphatic rings. The third-order valence-corrected chi connectivity index (χ3v) is 2.62. The lowest BCUT2D eigenvalue weighted by molar-refractivity contribution is 0.543. The zero-order valence-electron chi connectivity index (χ0n) is 10.1. The van der Waals surface area contributed by atoms with E-state index in [2.05, 4.69) is 15.3 Å². The number of aromatic nitrogens is 2. The molecule has 0 radical (unpaired) electrons. The van der Waals surface area contributed by atoms with E-state index in [0.717, 1.165) is 11.6 Å². The number of hydrogen-bond donors (Lipinski definition) is 1. The first-order valence-corrected chi connectivity index (χ1v) is 5.52. The Morgan fingerprint density at radius 1 is 1.17 bits per heavy atom. The van der Waals surface area contributed by atoms with Crippen molar-refractivity contribution in [3.8, 4) is 0 Å². The number of aryl methyl sites for hydroxylation is 1. The van der Waals surface area contributed by atoms with E-state index in [1.807, 2.05) is 6.92 Å². The fourth-order valence-corrected chi connectivity index (χ4v) is 1.71. The lowest BCUT2D eigenvalue weighted by Gasteiger charge is -2.15. The van der Waals surface area contributed by atoms with Gasteiger partial charge in [0.15, 0.2) is 0 Å². The summed E-state index contributed by atoms with van der Waals surface area (Å²) in [7, 11) is 1.68. The zero-order chi connectivity index (χ0) is 13.1. The van der Waals surface area contributed by atoms with Gasteiger partial charge >= 0.3 is 0 Å². The van der Waals surface area contributed by atoms with E-state index in [1.54, 1.807) is 19.4 Å². The highest BCUT2D eigenvalue weighted by atomic mass is 19.1. The molecule has 5 heteroatoms. The van der Waals surface area contributed by atoms with Crippen LogP contribution in [-0.4, -0.2) is 17.0 Å². The van der Waals surface area contributed by atoms with Crippen LogP contribution in [0.15, 0.2) is 30.6 Å². The fraction of sp³-hybridized carbons (Fsp3) is 0.231. The van der Waals surface area contributed by atoms with Crippen LogP contribution < -0.4 is 5.32 Å². The Bertz CT molecular complexity index is 540. The molecule has 2 rings (SSSR count). The molecular formula is C13H13F2N3. The van der Waals surface area contributed by atoms with Gasteiger partial charge in [0.2, 0.25) is 0 Å². The van der Waals surface area contributed by atoms with Crippen molar-refractivity contribution in [1.82, 2.24) is 15.3 Å². The molecule has 1 unspecified atom stereocenters. The first-order chi connectivity index (χ1) is 8.61. The Hall–Kier alpha value is -1.88. The SMILES string of the molecule is CNC(c1ncc(C)cn1)c1ccc(F)cc1F. The van der Waals surface area contributed by atoms with Gasteiger partial charge in [0.1, 0.15) is 17.5 Å². The summed E-state index contributed by atoms with van der Waals surface area (Å²) in [5.41, 5.74) is 1.25. The summed E-state index contributed by atoms with van der Waals surface area (Å²) in [6.45, 7) is 1.87.